The fourth-order valence-corrected chi connectivity index (χ4v) is 4.54. The van der Waals surface area contributed by atoms with E-state index in [1.807, 2.05) is 80.9 Å². The van der Waals surface area contributed by atoms with Crippen molar-refractivity contribution in [3.63, 3.8) is 0 Å². The molecule has 0 spiro atoms. The number of pyridine rings is 1. The molecule has 0 saturated heterocycles. The molecule has 0 aliphatic rings. The molecule has 35 heavy (non-hydrogen) atoms. The van der Waals surface area contributed by atoms with Gasteiger partial charge >= 0.3 is 0 Å². The van der Waals surface area contributed by atoms with Crippen LogP contribution < -0.4 is 15.6 Å². The van der Waals surface area contributed by atoms with Crippen molar-refractivity contribution in [3.8, 4) is 11.4 Å². The van der Waals surface area contributed by atoms with Crippen molar-refractivity contribution in [1.82, 2.24) is 19.7 Å². The van der Waals surface area contributed by atoms with Crippen molar-refractivity contribution >= 4 is 16.9 Å². The first-order valence-electron chi connectivity index (χ1n) is 11.9. The van der Waals surface area contributed by atoms with Crippen LogP contribution in [0.15, 0.2) is 53.3 Å². The topological polar surface area (TPSA) is 78.2 Å². The number of methoxy groups -OCH3 is 1. The Morgan fingerprint density at radius 2 is 1.83 bits per heavy atom. The van der Waals surface area contributed by atoms with Crippen LogP contribution in [0.2, 0.25) is 0 Å². The van der Waals surface area contributed by atoms with Crippen molar-refractivity contribution in [3.05, 3.63) is 86.8 Å². The summed E-state index contributed by atoms with van der Waals surface area (Å²) < 4.78 is 8.86. The molecule has 0 bridgehead atoms. The van der Waals surface area contributed by atoms with E-state index in [0.29, 0.717) is 25.1 Å². The van der Waals surface area contributed by atoms with Gasteiger partial charge in [0.2, 0.25) is 5.91 Å². The highest BCUT2D eigenvalue weighted by atomic mass is 16.5. The molecule has 0 aliphatic carbocycles. The van der Waals surface area contributed by atoms with Gasteiger partial charge in [0.05, 0.1) is 18.5 Å². The summed E-state index contributed by atoms with van der Waals surface area (Å²) in [5, 5.41) is 8.70. The number of hydrogen-bond acceptors (Lipinski definition) is 4. The highest BCUT2D eigenvalue weighted by Gasteiger charge is 2.21. The largest absolute Gasteiger partial charge is 0.497 e. The predicted molar refractivity (Wildman–Crippen MR) is 138 cm³/mol. The lowest BCUT2D eigenvalue weighted by atomic mass is 10.0. The number of hydrogen-bond donors (Lipinski definition) is 1. The Labute approximate surface area is 205 Å². The maximum Gasteiger partial charge on any atom is 0.255 e. The van der Waals surface area contributed by atoms with Gasteiger partial charge in [0.15, 0.2) is 0 Å². The Morgan fingerprint density at radius 3 is 2.51 bits per heavy atom. The molecule has 0 aliphatic heterocycles. The number of amides is 1. The number of carbonyl (C=O) groups is 1. The molecule has 0 radical (unpaired) electrons. The van der Waals surface area contributed by atoms with Crippen molar-refractivity contribution in [2.24, 2.45) is 0 Å². The molecule has 1 amide bonds. The summed E-state index contributed by atoms with van der Waals surface area (Å²) in [5.74, 6) is 0.657. The number of ether oxygens (including phenoxy) is 1. The molecule has 0 unspecified atom stereocenters. The van der Waals surface area contributed by atoms with Crippen LogP contribution in [0.1, 0.15) is 41.3 Å². The number of rotatable bonds is 8. The zero-order chi connectivity index (χ0) is 25.1. The molecular weight excluding hydrogens is 440 g/mol. The zero-order valence-electron chi connectivity index (χ0n) is 21.0. The minimum atomic E-state index is -0.0955. The smallest absolute Gasteiger partial charge is 0.255 e. The highest BCUT2D eigenvalue weighted by Crippen LogP contribution is 2.26. The quantitative estimate of drug-likeness (QED) is 0.413. The van der Waals surface area contributed by atoms with Crippen LogP contribution in [0.4, 0.5) is 0 Å². The second-order valence-corrected chi connectivity index (χ2v) is 8.81. The first kappa shape index (κ1) is 24.3. The third kappa shape index (κ3) is 4.85. The molecule has 1 N–H and O–H groups in total. The number of nitrogens with zero attached hydrogens (tertiary/aromatic N) is 3. The third-order valence-corrected chi connectivity index (χ3v) is 6.44. The number of fused-ring (bicyclic) bond motifs is 1. The number of aryl methyl sites for hydroxylation is 4. The SMILES string of the molecule is CCn1c(=O)c(CCC(=O)NCc2cccc(OC)c2)c(C)c2c(C)nn(-c3ccc(C)cc3)c21. The molecule has 2 aromatic carbocycles. The lowest BCUT2D eigenvalue weighted by molar-refractivity contribution is -0.121. The molecule has 0 fully saturated rings. The summed E-state index contributed by atoms with van der Waals surface area (Å²) in [6, 6.07) is 15.7. The fraction of sp³-hybridized carbons (Fsp3) is 0.321. The second kappa shape index (κ2) is 10.2. The Bertz CT molecular complexity index is 1430. The van der Waals surface area contributed by atoms with E-state index in [4.69, 9.17) is 9.84 Å². The normalized spacial score (nSPS) is 11.1. The molecule has 0 saturated carbocycles. The molecule has 2 heterocycles. The van der Waals surface area contributed by atoms with Crippen LogP contribution in [0, 0.1) is 20.8 Å². The van der Waals surface area contributed by atoms with E-state index in [1.165, 1.54) is 0 Å². The van der Waals surface area contributed by atoms with Gasteiger partial charge in [-0.15, -0.1) is 0 Å². The monoisotopic (exact) mass is 472 g/mol. The van der Waals surface area contributed by atoms with E-state index in [2.05, 4.69) is 5.32 Å². The third-order valence-electron chi connectivity index (χ3n) is 6.44. The summed E-state index contributed by atoms with van der Waals surface area (Å²) in [6.45, 7) is 8.86. The average Bonchev–Trinajstić information content (AvgIpc) is 3.20. The maximum atomic E-state index is 13.5. The van der Waals surface area contributed by atoms with Crippen molar-refractivity contribution in [1.29, 1.82) is 0 Å². The minimum Gasteiger partial charge on any atom is -0.497 e. The molecule has 7 nitrogen and oxygen atoms in total. The van der Waals surface area contributed by atoms with Crippen LogP contribution in [0.3, 0.4) is 0 Å². The number of carbonyl (C=O) groups excluding carboxylic acids is 1. The van der Waals surface area contributed by atoms with E-state index in [9.17, 15) is 9.59 Å². The summed E-state index contributed by atoms with van der Waals surface area (Å²) in [5.41, 5.74) is 6.20. The lowest BCUT2D eigenvalue weighted by Gasteiger charge is -2.14. The van der Waals surface area contributed by atoms with Gasteiger partial charge in [-0.25, -0.2) is 4.68 Å². The Balaban J connectivity index is 1.61. The maximum absolute atomic E-state index is 13.5. The first-order valence-corrected chi connectivity index (χ1v) is 11.9. The van der Waals surface area contributed by atoms with Crippen LogP contribution in [0.25, 0.3) is 16.7 Å². The van der Waals surface area contributed by atoms with Gasteiger partial charge in [0.25, 0.3) is 5.56 Å². The molecule has 182 valence electrons. The van der Waals surface area contributed by atoms with Crippen molar-refractivity contribution < 1.29 is 9.53 Å². The van der Waals surface area contributed by atoms with Gasteiger partial charge in [-0.1, -0.05) is 29.8 Å². The lowest BCUT2D eigenvalue weighted by Crippen LogP contribution is -2.28. The predicted octanol–water partition coefficient (Wildman–Crippen LogP) is 4.39. The van der Waals surface area contributed by atoms with E-state index in [-0.39, 0.29) is 17.9 Å². The average molecular weight is 473 g/mol. The zero-order valence-corrected chi connectivity index (χ0v) is 21.0. The van der Waals surface area contributed by atoms with Gasteiger partial charge < -0.3 is 10.1 Å². The summed E-state index contributed by atoms with van der Waals surface area (Å²) >= 11 is 0. The standard InChI is InChI=1S/C28H32N4O3/c1-6-31-27-26(20(4)30-32(27)22-12-10-18(2)11-13-22)19(3)24(28(31)34)14-15-25(33)29-17-21-8-7-9-23(16-21)35-5/h7-13,16H,6,14-15,17H2,1-5H3,(H,29,33). The van der Waals surface area contributed by atoms with E-state index >= 15 is 0 Å². The van der Waals surface area contributed by atoms with Crippen LogP contribution in [-0.4, -0.2) is 27.4 Å². The van der Waals surface area contributed by atoms with Crippen molar-refractivity contribution in [2.45, 2.75) is 53.6 Å². The summed E-state index contributed by atoms with van der Waals surface area (Å²) in [6.07, 6.45) is 0.611. The highest BCUT2D eigenvalue weighted by molar-refractivity contribution is 5.85. The van der Waals surface area contributed by atoms with E-state index in [0.717, 1.165) is 44.9 Å². The van der Waals surface area contributed by atoms with Gasteiger partial charge in [-0.2, -0.15) is 5.10 Å². The van der Waals surface area contributed by atoms with Crippen LogP contribution >= 0.6 is 0 Å². The molecule has 0 atom stereocenters. The van der Waals surface area contributed by atoms with Crippen LogP contribution in [0.5, 0.6) is 5.75 Å². The first-order chi connectivity index (χ1) is 16.8. The Kier molecular flexibility index (Phi) is 7.05. The fourth-order valence-electron chi connectivity index (χ4n) is 4.54. The number of aromatic nitrogens is 3. The van der Waals surface area contributed by atoms with Gasteiger partial charge in [-0.3, -0.25) is 14.2 Å². The second-order valence-electron chi connectivity index (χ2n) is 8.81. The summed E-state index contributed by atoms with van der Waals surface area (Å²) in [7, 11) is 1.62. The van der Waals surface area contributed by atoms with E-state index in [1.54, 1.807) is 11.7 Å². The Hall–Kier alpha value is -3.87. The molecule has 4 rings (SSSR count). The molecule has 7 heteroatoms. The number of nitrogens with one attached hydrogen (secondary N) is 1. The van der Waals surface area contributed by atoms with Crippen molar-refractivity contribution in [2.75, 3.05) is 7.11 Å². The van der Waals surface area contributed by atoms with Gasteiger partial charge in [0, 0.05) is 30.5 Å². The Morgan fingerprint density at radius 1 is 1.09 bits per heavy atom. The minimum absolute atomic E-state index is 0.0636. The van der Waals surface area contributed by atoms with Gasteiger partial charge in [-0.05, 0) is 69.5 Å². The molecular formula is C28H32N4O3. The van der Waals surface area contributed by atoms with Crippen LogP contribution in [-0.2, 0) is 24.3 Å². The number of benzene rings is 2. The van der Waals surface area contributed by atoms with Gasteiger partial charge in [0.1, 0.15) is 11.4 Å². The molecule has 2 aromatic heterocycles. The summed E-state index contributed by atoms with van der Waals surface area (Å²) in [4.78, 5) is 26.1. The van der Waals surface area contributed by atoms with E-state index < -0.39 is 0 Å². The molecule has 4 aromatic rings.